The molecule has 5 bridgehead atoms. The van der Waals surface area contributed by atoms with Crippen LogP contribution in [0.2, 0.25) is 0 Å². The van der Waals surface area contributed by atoms with Crippen LogP contribution < -0.4 is 4.90 Å². The van der Waals surface area contributed by atoms with Crippen molar-refractivity contribution in [2.45, 2.75) is 87.4 Å². The number of piperidine rings is 4. The van der Waals surface area contributed by atoms with Crippen molar-refractivity contribution in [3.05, 3.63) is 29.8 Å². The highest BCUT2D eigenvalue weighted by molar-refractivity contribution is 5.66. The number of benzene rings is 1. The summed E-state index contributed by atoms with van der Waals surface area (Å²) in [5.74, 6) is 1.05. The van der Waals surface area contributed by atoms with Crippen molar-refractivity contribution in [3.8, 4) is 0 Å². The first-order valence-electron chi connectivity index (χ1n) is 12.7. The molecule has 11 atom stereocenters. The van der Waals surface area contributed by atoms with Gasteiger partial charge in [-0.05, 0) is 43.2 Å². The zero-order valence-electron chi connectivity index (χ0n) is 18.9. The van der Waals surface area contributed by atoms with Gasteiger partial charge in [0.2, 0.25) is 0 Å². The number of aliphatic hydroxyl groups excluding tert-OH is 2. The Morgan fingerprint density at radius 1 is 1.19 bits per heavy atom. The summed E-state index contributed by atoms with van der Waals surface area (Å²) in [6.45, 7) is 4.03. The summed E-state index contributed by atoms with van der Waals surface area (Å²) < 4.78 is 7.08. The molecule has 6 heterocycles. The third kappa shape index (κ3) is 2.01. The maximum absolute atomic E-state index is 12.1. The van der Waals surface area contributed by atoms with Gasteiger partial charge in [-0.1, -0.05) is 25.1 Å². The van der Waals surface area contributed by atoms with Crippen LogP contribution >= 0.6 is 0 Å². The Kier molecular flexibility index (Phi) is 3.90. The minimum absolute atomic E-state index is 0.169. The number of quaternary nitrogens is 1. The Morgan fingerprint density at radius 3 is 2.81 bits per heavy atom. The SMILES string of the molecule is CC[C@H]1[C@@H]2C[C@H]3[C@@H]4N(C)c5ccccc5[C@]45C[C@@H]([C@@H]2[C@@H]5O)[N+]3(C[C@@H]2CCCCO2)[C@@H]1O. The van der Waals surface area contributed by atoms with Gasteiger partial charge >= 0.3 is 0 Å². The molecule has 1 unspecified atom stereocenters. The van der Waals surface area contributed by atoms with Crippen LogP contribution in [0.5, 0.6) is 0 Å². The first kappa shape index (κ1) is 19.3. The van der Waals surface area contributed by atoms with Gasteiger partial charge in [-0.2, -0.15) is 0 Å². The standard InChI is InChI=1S/C26H37N2O3/c1-3-16-17-12-20-23-26(18-9-4-5-10-19(18)27(23)2)13-21(22(17)24(26)29)28(20,25(16)30)14-15-8-6-7-11-31-15/h4-5,9-10,15-17,20-25,29-30H,3,6-8,11-14H2,1-2H3/q+1/t15-,16-,17-,20-,21-,22+,23-,24-,25+,26+,28?/m0/s1. The zero-order valence-corrected chi connectivity index (χ0v) is 18.9. The molecule has 1 spiro atoms. The molecule has 1 aromatic rings. The molecule has 6 fully saturated rings. The van der Waals surface area contributed by atoms with Gasteiger partial charge in [-0.25, -0.2) is 0 Å². The lowest BCUT2D eigenvalue weighted by atomic mass is 9.60. The predicted octanol–water partition coefficient (Wildman–Crippen LogP) is 2.64. The van der Waals surface area contributed by atoms with Crippen molar-refractivity contribution in [2.75, 3.05) is 25.1 Å². The van der Waals surface area contributed by atoms with Gasteiger partial charge in [0.1, 0.15) is 18.7 Å². The molecule has 5 heteroatoms. The van der Waals surface area contributed by atoms with Crippen LogP contribution in [0.4, 0.5) is 5.69 Å². The van der Waals surface area contributed by atoms with Crippen molar-refractivity contribution in [2.24, 2.45) is 17.8 Å². The van der Waals surface area contributed by atoms with Gasteiger partial charge in [0.25, 0.3) is 0 Å². The maximum atomic E-state index is 12.1. The molecule has 1 aromatic carbocycles. The molecule has 6 aliphatic heterocycles. The molecule has 0 amide bonds. The van der Waals surface area contributed by atoms with Gasteiger partial charge in [0, 0.05) is 44.0 Å². The van der Waals surface area contributed by atoms with Crippen molar-refractivity contribution >= 4 is 5.69 Å². The Balaban J connectivity index is 1.42. The van der Waals surface area contributed by atoms with Crippen molar-refractivity contribution in [1.82, 2.24) is 0 Å². The molecule has 2 N–H and O–H groups in total. The number of hydrogen-bond donors (Lipinski definition) is 2. The van der Waals surface area contributed by atoms with E-state index in [1.807, 2.05) is 0 Å². The van der Waals surface area contributed by atoms with E-state index in [-0.39, 0.29) is 29.9 Å². The van der Waals surface area contributed by atoms with Crippen LogP contribution in [-0.2, 0) is 10.2 Å². The highest BCUT2D eigenvalue weighted by atomic mass is 16.5. The number of hydrogen-bond acceptors (Lipinski definition) is 4. The van der Waals surface area contributed by atoms with Gasteiger partial charge in [0.15, 0.2) is 6.23 Å². The van der Waals surface area contributed by atoms with E-state index in [2.05, 4.69) is 43.1 Å². The van der Waals surface area contributed by atoms with Crippen LogP contribution in [0.1, 0.15) is 51.0 Å². The largest absolute Gasteiger partial charge is 0.392 e. The quantitative estimate of drug-likeness (QED) is 0.731. The number of anilines is 1. The molecule has 168 valence electrons. The number of likely N-dealkylation sites (N-methyl/N-ethyl adjacent to an activating group) is 1. The summed E-state index contributed by atoms with van der Waals surface area (Å²) in [4.78, 5) is 2.48. The van der Waals surface area contributed by atoms with Gasteiger partial charge < -0.3 is 19.8 Å². The molecule has 5 nitrogen and oxygen atoms in total. The van der Waals surface area contributed by atoms with Crippen LogP contribution in [0.15, 0.2) is 24.3 Å². The molecule has 1 aliphatic carbocycles. The van der Waals surface area contributed by atoms with E-state index in [1.54, 1.807) is 0 Å². The number of rotatable bonds is 3. The Morgan fingerprint density at radius 2 is 2.03 bits per heavy atom. The van der Waals surface area contributed by atoms with Gasteiger partial charge in [0.05, 0.1) is 23.6 Å². The summed E-state index contributed by atoms with van der Waals surface area (Å²) in [6, 6.07) is 9.80. The minimum Gasteiger partial charge on any atom is -0.392 e. The maximum Gasteiger partial charge on any atom is 0.194 e. The van der Waals surface area contributed by atoms with Crippen LogP contribution in [0.3, 0.4) is 0 Å². The Bertz CT molecular complexity index is 902. The fraction of sp³-hybridized carbons (Fsp3) is 0.769. The van der Waals surface area contributed by atoms with E-state index in [9.17, 15) is 10.2 Å². The normalized spacial score (nSPS) is 53.7. The molecule has 1 saturated carbocycles. The number of ether oxygens (including phenoxy) is 1. The van der Waals surface area contributed by atoms with Crippen LogP contribution in [0.25, 0.3) is 0 Å². The van der Waals surface area contributed by atoms with E-state index in [0.717, 1.165) is 49.7 Å². The number of fused-ring (bicyclic) bond motifs is 2. The van der Waals surface area contributed by atoms with Gasteiger partial charge in [-0.15, -0.1) is 0 Å². The lowest BCUT2D eigenvalue weighted by Crippen LogP contribution is -2.83. The number of nitrogens with zero attached hydrogens (tertiary/aromatic N) is 2. The zero-order chi connectivity index (χ0) is 21.1. The second kappa shape index (κ2) is 6.25. The molecular weight excluding hydrogens is 388 g/mol. The van der Waals surface area contributed by atoms with E-state index >= 15 is 0 Å². The van der Waals surface area contributed by atoms with E-state index in [0.29, 0.717) is 29.8 Å². The van der Waals surface area contributed by atoms with Crippen molar-refractivity contribution in [1.29, 1.82) is 0 Å². The minimum atomic E-state index is -0.319. The molecule has 5 saturated heterocycles. The van der Waals surface area contributed by atoms with Crippen molar-refractivity contribution < 1.29 is 19.4 Å². The molecular formula is C26H37N2O3+. The van der Waals surface area contributed by atoms with E-state index in [4.69, 9.17) is 4.74 Å². The fourth-order valence-electron chi connectivity index (χ4n) is 10.1. The fourth-order valence-corrected chi connectivity index (χ4v) is 10.1. The molecule has 8 rings (SSSR count). The van der Waals surface area contributed by atoms with Crippen LogP contribution in [0, 0.1) is 17.8 Å². The molecule has 7 aliphatic rings. The summed E-state index contributed by atoms with van der Waals surface area (Å²) in [7, 11) is 2.24. The smallest absolute Gasteiger partial charge is 0.194 e. The Hall–Kier alpha value is -1.14. The number of aliphatic hydroxyl groups is 2. The average Bonchev–Trinajstić information content (AvgIpc) is 3.18. The van der Waals surface area contributed by atoms with Crippen LogP contribution in [-0.4, -0.2) is 71.5 Å². The Labute approximate surface area is 185 Å². The molecule has 31 heavy (non-hydrogen) atoms. The second-order valence-corrected chi connectivity index (χ2v) is 11.5. The third-order valence-corrected chi connectivity index (χ3v) is 10.9. The second-order valence-electron chi connectivity index (χ2n) is 11.5. The average molecular weight is 426 g/mol. The van der Waals surface area contributed by atoms with E-state index in [1.165, 1.54) is 17.7 Å². The first-order valence-corrected chi connectivity index (χ1v) is 12.7. The lowest BCUT2D eigenvalue weighted by molar-refractivity contribution is -1.04. The first-order chi connectivity index (χ1) is 15.1. The monoisotopic (exact) mass is 425 g/mol. The van der Waals surface area contributed by atoms with E-state index < -0.39 is 0 Å². The third-order valence-electron chi connectivity index (χ3n) is 10.9. The molecule has 0 aromatic heterocycles. The summed E-state index contributed by atoms with van der Waals surface area (Å²) in [6.07, 6.45) is 6.30. The summed E-state index contributed by atoms with van der Waals surface area (Å²) >= 11 is 0. The highest BCUT2D eigenvalue weighted by Gasteiger charge is 2.83. The number of para-hydroxylation sites is 1. The highest BCUT2D eigenvalue weighted by Crippen LogP contribution is 2.71. The van der Waals surface area contributed by atoms with Gasteiger partial charge in [-0.3, -0.25) is 4.48 Å². The topological polar surface area (TPSA) is 52.9 Å². The molecule has 0 radical (unpaired) electrons. The summed E-state index contributed by atoms with van der Waals surface area (Å²) in [5.41, 5.74) is 2.49. The predicted molar refractivity (Wildman–Crippen MR) is 119 cm³/mol. The van der Waals surface area contributed by atoms with Crippen molar-refractivity contribution in [3.63, 3.8) is 0 Å². The lowest BCUT2D eigenvalue weighted by Gasteiger charge is -2.68. The summed E-state index contributed by atoms with van der Waals surface area (Å²) in [5, 5.41) is 24.1.